The highest BCUT2D eigenvalue weighted by Gasteiger charge is 2.22. The molecule has 1 amide bonds. The Kier molecular flexibility index (Phi) is 8.91. The van der Waals surface area contributed by atoms with E-state index in [1.54, 1.807) is 0 Å². The lowest BCUT2D eigenvalue weighted by atomic mass is 10.0. The number of nitrogens with one attached hydrogen (secondary N) is 1. The van der Waals surface area contributed by atoms with Crippen LogP contribution in [0.5, 0.6) is 5.75 Å². The van der Waals surface area contributed by atoms with Gasteiger partial charge in [-0.25, -0.2) is 4.79 Å². The number of amides is 1. The van der Waals surface area contributed by atoms with Crippen molar-refractivity contribution < 1.29 is 29.1 Å². The average Bonchev–Trinajstić information content (AvgIpc) is 2.86. The van der Waals surface area contributed by atoms with Gasteiger partial charge in [0, 0.05) is 17.4 Å². The number of hydrogen-bond acceptors (Lipinski definition) is 6. The first-order valence-electron chi connectivity index (χ1n) is 11.0. The summed E-state index contributed by atoms with van der Waals surface area (Å²) in [5.41, 5.74) is 2.29. The molecule has 35 heavy (non-hydrogen) atoms. The normalized spacial score (nSPS) is 11.5. The van der Waals surface area contributed by atoms with Crippen molar-refractivity contribution in [3.8, 4) is 5.75 Å². The maximum Gasteiger partial charge on any atom is 0.335 e. The third-order valence-corrected chi connectivity index (χ3v) is 5.28. The Morgan fingerprint density at radius 2 is 1.74 bits per heavy atom. The number of anilines is 1. The van der Waals surface area contributed by atoms with Gasteiger partial charge >= 0.3 is 5.97 Å². The van der Waals surface area contributed by atoms with Crippen molar-refractivity contribution in [1.82, 2.24) is 0 Å². The largest absolute Gasteiger partial charge is 0.489 e. The summed E-state index contributed by atoms with van der Waals surface area (Å²) >= 11 is 0. The van der Waals surface area contributed by atoms with Crippen molar-refractivity contribution in [2.75, 3.05) is 18.5 Å². The average molecular weight is 479 g/mol. The molecular weight excluding hydrogens is 452 g/mol. The summed E-state index contributed by atoms with van der Waals surface area (Å²) in [7, 11) is 0. The fourth-order valence-electron chi connectivity index (χ4n) is 3.31. The molecule has 0 radical (unpaired) electrons. The first-order chi connectivity index (χ1) is 16.8. The summed E-state index contributed by atoms with van der Waals surface area (Å²) < 4.78 is 11.2. The van der Waals surface area contributed by atoms with Gasteiger partial charge in [0.05, 0.1) is 17.9 Å². The van der Waals surface area contributed by atoms with Crippen LogP contribution < -0.4 is 10.1 Å². The van der Waals surface area contributed by atoms with Gasteiger partial charge in [-0.2, -0.15) is 0 Å². The molecule has 3 aromatic carbocycles. The number of carboxylic acid groups (broad SMARTS) is 1. The number of hydrogen-bond donors (Lipinski definition) is 2. The van der Waals surface area contributed by atoms with E-state index in [9.17, 15) is 24.8 Å². The second kappa shape index (κ2) is 12.3. The van der Waals surface area contributed by atoms with Gasteiger partial charge < -0.3 is 19.9 Å². The van der Waals surface area contributed by atoms with E-state index < -0.39 is 22.8 Å². The summed E-state index contributed by atoms with van der Waals surface area (Å²) in [5, 5.41) is 22.9. The number of ether oxygens (including phenoxy) is 2. The SMILES string of the molecule is CC(c1ccc(C(=O)O)cc1NC(=O)COCCc1ccc(OCc2ccccc2)cc1)[N+](=O)[O-]. The molecule has 0 aliphatic heterocycles. The van der Waals surface area contributed by atoms with E-state index >= 15 is 0 Å². The number of aromatic carboxylic acids is 1. The number of nitro groups is 1. The highest BCUT2D eigenvalue weighted by atomic mass is 16.6. The number of carbonyl (C=O) groups excluding carboxylic acids is 1. The standard InChI is InChI=1S/C26H26N2O7/c1-18(28(32)33)23-12-9-21(26(30)31)15-24(23)27-25(29)17-34-14-13-19-7-10-22(11-8-19)35-16-20-5-3-2-4-6-20/h2-12,15,18H,13-14,16-17H2,1H3,(H,27,29)(H,30,31). The van der Waals surface area contributed by atoms with Crippen LogP contribution in [0, 0.1) is 10.1 Å². The Morgan fingerprint density at radius 3 is 2.40 bits per heavy atom. The maximum absolute atomic E-state index is 12.3. The van der Waals surface area contributed by atoms with Gasteiger partial charge in [0.15, 0.2) is 0 Å². The topological polar surface area (TPSA) is 128 Å². The van der Waals surface area contributed by atoms with Gasteiger partial charge in [-0.3, -0.25) is 14.9 Å². The lowest BCUT2D eigenvalue weighted by Crippen LogP contribution is -2.21. The molecule has 3 rings (SSSR count). The summed E-state index contributed by atoms with van der Waals surface area (Å²) in [6, 6.07) is 20.1. The fraction of sp³-hybridized carbons (Fsp3) is 0.231. The molecular formula is C26H26N2O7. The van der Waals surface area contributed by atoms with E-state index in [2.05, 4.69) is 5.32 Å². The third kappa shape index (κ3) is 7.65. The molecule has 1 atom stereocenters. The number of carbonyl (C=O) groups is 2. The zero-order chi connectivity index (χ0) is 25.2. The van der Waals surface area contributed by atoms with Crippen LogP contribution in [0.1, 0.15) is 40.0 Å². The lowest BCUT2D eigenvalue weighted by molar-refractivity contribution is -0.524. The van der Waals surface area contributed by atoms with Gasteiger partial charge in [0.1, 0.15) is 19.0 Å². The maximum atomic E-state index is 12.3. The monoisotopic (exact) mass is 478 g/mol. The van der Waals surface area contributed by atoms with Crippen LogP contribution in [-0.2, 0) is 22.6 Å². The molecule has 0 saturated carbocycles. The number of carboxylic acids is 1. The van der Waals surface area contributed by atoms with Crippen molar-refractivity contribution >= 4 is 17.6 Å². The van der Waals surface area contributed by atoms with E-state index in [1.165, 1.54) is 25.1 Å². The molecule has 0 spiro atoms. The Balaban J connectivity index is 1.47. The molecule has 0 bridgehead atoms. The molecule has 1 unspecified atom stereocenters. The molecule has 9 heteroatoms. The Morgan fingerprint density at radius 1 is 1.03 bits per heavy atom. The summed E-state index contributed by atoms with van der Waals surface area (Å²) in [5.74, 6) is -0.983. The fourth-order valence-corrected chi connectivity index (χ4v) is 3.31. The zero-order valence-corrected chi connectivity index (χ0v) is 19.2. The highest BCUT2D eigenvalue weighted by Crippen LogP contribution is 2.26. The highest BCUT2D eigenvalue weighted by molar-refractivity contribution is 5.95. The molecule has 9 nitrogen and oxygen atoms in total. The van der Waals surface area contributed by atoms with E-state index in [4.69, 9.17) is 9.47 Å². The van der Waals surface area contributed by atoms with Gasteiger partial charge in [0.25, 0.3) is 0 Å². The van der Waals surface area contributed by atoms with E-state index in [1.807, 2.05) is 54.6 Å². The van der Waals surface area contributed by atoms with Gasteiger partial charge in [-0.15, -0.1) is 0 Å². The minimum atomic E-state index is -1.20. The van der Waals surface area contributed by atoms with Crippen molar-refractivity contribution in [2.24, 2.45) is 0 Å². The Bertz CT molecular complexity index is 1160. The summed E-state index contributed by atoms with van der Waals surface area (Å²) in [6.07, 6.45) is 0.574. The van der Waals surface area contributed by atoms with Crippen LogP contribution in [0.3, 0.4) is 0 Å². The van der Waals surface area contributed by atoms with Gasteiger partial charge in [-0.1, -0.05) is 42.5 Å². The molecule has 0 aliphatic carbocycles. The van der Waals surface area contributed by atoms with Gasteiger partial charge in [-0.05, 0) is 47.9 Å². The van der Waals surface area contributed by atoms with Crippen molar-refractivity contribution in [3.05, 3.63) is 105 Å². The number of benzene rings is 3. The quantitative estimate of drug-likeness (QED) is 0.223. The molecule has 0 aliphatic rings. The van der Waals surface area contributed by atoms with Crippen LogP contribution in [-0.4, -0.2) is 35.1 Å². The third-order valence-electron chi connectivity index (χ3n) is 5.28. The predicted octanol–water partition coefficient (Wildman–Crippen LogP) is 4.50. The molecule has 3 aromatic rings. The van der Waals surface area contributed by atoms with Gasteiger partial charge in [0.2, 0.25) is 11.9 Å². The van der Waals surface area contributed by atoms with Crippen LogP contribution in [0.25, 0.3) is 0 Å². The first kappa shape index (κ1) is 25.4. The van der Waals surface area contributed by atoms with Crippen LogP contribution in [0.4, 0.5) is 5.69 Å². The summed E-state index contributed by atoms with van der Waals surface area (Å²) in [6.45, 7) is 1.85. The van der Waals surface area contributed by atoms with Crippen LogP contribution in [0.2, 0.25) is 0 Å². The summed E-state index contributed by atoms with van der Waals surface area (Å²) in [4.78, 5) is 34.2. The van der Waals surface area contributed by atoms with Crippen LogP contribution in [0.15, 0.2) is 72.8 Å². The first-order valence-corrected chi connectivity index (χ1v) is 11.0. The number of rotatable bonds is 12. The van der Waals surface area contributed by atoms with E-state index in [0.717, 1.165) is 16.9 Å². The molecule has 0 saturated heterocycles. The molecule has 0 fully saturated rings. The number of nitrogens with zero attached hydrogens (tertiary/aromatic N) is 1. The molecule has 0 aromatic heterocycles. The lowest BCUT2D eigenvalue weighted by Gasteiger charge is -2.13. The van der Waals surface area contributed by atoms with Crippen molar-refractivity contribution in [3.63, 3.8) is 0 Å². The van der Waals surface area contributed by atoms with Crippen molar-refractivity contribution in [1.29, 1.82) is 0 Å². The van der Waals surface area contributed by atoms with E-state index in [0.29, 0.717) is 13.0 Å². The Labute approximate surface area is 202 Å². The Hall–Kier alpha value is -4.24. The predicted molar refractivity (Wildman–Crippen MR) is 129 cm³/mol. The van der Waals surface area contributed by atoms with Crippen molar-refractivity contribution in [2.45, 2.75) is 26.0 Å². The molecule has 182 valence electrons. The second-order valence-corrected chi connectivity index (χ2v) is 7.84. The van der Waals surface area contributed by atoms with E-state index in [-0.39, 0.29) is 30.0 Å². The smallest absolute Gasteiger partial charge is 0.335 e. The minimum absolute atomic E-state index is 0.0776. The van der Waals surface area contributed by atoms with Crippen LogP contribution >= 0.6 is 0 Å². The minimum Gasteiger partial charge on any atom is -0.489 e. The molecule has 2 N–H and O–H groups in total. The second-order valence-electron chi connectivity index (χ2n) is 7.84. The molecule has 0 heterocycles. The zero-order valence-electron chi connectivity index (χ0n) is 19.2.